The van der Waals surface area contributed by atoms with Crippen LogP contribution in [-0.2, 0) is 0 Å². The highest BCUT2D eigenvalue weighted by Gasteiger charge is 2.11. The summed E-state index contributed by atoms with van der Waals surface area (Å²) >= 11 is 5.81. The van der Waals surface area contributed by atoms with Crippen LogP contribution >= 0.6 is 11.6 Å². The zero-order valence-electron chi connectivity index (χ0n) is 11.4. The van der Waals surface area contributed by atoms with Crippen LogP contribution in [0, 0.1) is 0 Å². The van der Waals surface area contributed by atoms with Crippen LogP contribution in [0.4, 0.5) is 0 Å². The summed E-state index contributed by atoms with van der Waals surface area (Å²) in [6, 6.07) is 14.3. The SMILES string of the molecule is COc1cccc([C@@H](C)NC(=O)c2ccc(Cl)cc2)c1. The zero-order chi connectivity index (χ0) is 14.5. The number of halogens is 1. The van der Waals surface area contributed by atoms with Crippen molar-refractivity contribution >= 4 is 17.5 Å². The maximum absolute atomic E-state index is 12.1. The van der Waals surface area contributed by atoms with Gasteiger partial charge in [-0.25, -0.2) is 0 Å². The van der Waals surface area contributed by atoms with Crippen LogP contribution in [0.1, 0.15) is 28.9 Å². The molecule has 0 saturated carbocycles. The van der Waals surface area contributed by atoms with Gasteiger partial charge in [-0.3, -0.25) is 4.79 Å². The van der Waals surface area contributed by atoms with Crippen LogP contribution in [0.25, 0.3) is 0 Å². The number of benzene rings is 2. The number of methoxy groups -OCH3 is 1. The van der Waals surface area contributed by atoms with Crippen LogP contribution in [-0.4, -0.2) is 13.0 Å². The standard InChI is InChI=1S/C16H16ClNO2/c1-11(13-4-3-5-15(10-13)20-2)18-16(19)12-6-8-14(17)9-7-12/h3-11H,1-2H3,(H,18,19)/t11-/m1/s1. The average Bonchev–Trinajstić information content (AvgIpc) is 2.47. The Hall–Kier alpha value is -2.00. The molecule has 4 heteroatoms. The van der Waals surface area contributed by atoms with Crippen molar-refractivity contribution in [3.05, 3.63) is 64.7 Å². The van der Waals surface area contributed by atoms with Crippen LogP contribution in [0.2, 0.25) is 5.02 Å². The van der Waals surface area contributed by atoms with Gasteiger partial charge in [0, 0.05) is 10.6 Å². The molecule has 2 rings (SSSR count). The molecule has 1 amide bonds. The average molecular weight is 290 g/mol. The molecule has 2 aromatic carbocycles. The number of hydrogen-bond acceptors (Lipinski definition) is 2. The van der Waals surface area contributed by atoms with Gasteiger partial charge in [-0.1, -0.05) is 23.7 Å². The van der Waals surface area contributed by atoms with Gasteiger partial charge in [0.2, 0.25) is 0 Å². The van der Waals surface area contributed by atoms with E-state index in [2.05, 4.69) is 5.32 Å². The Bertz CT molecular complexity index is 596. The van der Waals surface area contributed by atoms with E-state index in [0.29, 0.717) is 10.6 Å². The number of rotatable bonds is 4. The van der Waals surface area contributed by atoms with Gasteiger partial charge >= 0.3 is 0 Å². The van der Waals surface area contributed by atoms with E-state index >= 15 is 0 Å². The molecule has 1 atom stereocenters. The molecular weight excluding hydrogens is 274 g/mol. The molecule has 0 radical (unpaired) electrons. The Kier molecular flexibility index (Phi) is 4.64. The summed E-state index contributed by atoms with van der Waals surface area (Å²) in [6.45, 7) is 1.93. The van der Waals surface area contributed by atoms with Crippen molar-refractivity contribution in [3.63, 3.8) is 0 Å². The summed E-state index contributed by atoms with van der Waals surface area (Å²) < 4.78 is 5.18. The molecule has 0 aromatic heterocycles. The molecule has 0 aliphatic rings. The first-order valence-corrected chi connectivity index (χ1v) is 6.68. The van der Waals surface area contributed by atoms with E-state index in [-0.39, 0.29) is 11.9 Å². The second kappa shape index (κ2) is 6.44. The molecule has 1 N–H and O–H groups in total. The Morgan fingerprint density at radius 3 is 2.55 bits per heavy atom. The van der Waals surface area contributed by atoms with Crippen LogP contribution in [0.5, 0.6) is 5.75 Å². The fraction of sp³-hybridized carbons (Fsp3) is 0.188. The lowest BCUT2D eigenvalue weighted by molar-refractivity contribution is 0.0940. The van der Waals surface area contributed by atoms with E-state index in [1.165, 1.54) is 0 Å². The first kappa shape index (κ1) is 14.4. The van der Waals surface area contributed by atoms with Gasteiger partial charge in [0.1, 0.15) is 5.75 Å². The van der Waals surface area contributed by atoms with Gasteiger partial charge in [-0.2, -0.15) is 0 Å². The summed E-state index contributed by atoms with van der Waals surface area (Å²) in [6.07, 6.45) is 0. The summed E-state index contributed by atoms with van der Waals surface area (Å²) in [5.74, 6) is 0.645. The van der Waals surface area contributed by atoms with E-state index < -0.39 is 0 Å². The second-order valence-corrected chi connectivity index (χ2v) is 4.92. The molecule has 0 bridgehead atoms. The van der Waals surface area contributed by atoms with Crippen molar-refractivity contribution in [3.8, 4) is 5.75 Å². The van der Waals surface area contributed by atoms with Crippen molar-refractivity contribution in [2.45, 2.75) is 13.0 Å². The minimum Gasteiger partial charge on any atom is -0.497 e. The van der Waals surface area contributed by atoms with E-state index in [0.717, 1.165) is 11.3 Å². The molecule has 20 heavy (non-hydrogen) atoms. The Morgan fingerprint density at radius 2 is 1.90 bits per heavy atom. The van der Waals surface area contributed by atoms with Crippen molar-refractivity contribution in [2.75, 3.05) is 7.11 Å². The highest BCUT2D eigenvalue weighted by Crippen LogP contribution is 2.19. The third-order valence-corrected chi connectivity index (χ3v) is 3.30. The van der Waals surface area contributed by atoms with Crippen LogP contribution in [0.3, 0.4) is 0 Å². The molecule has 3 nitrogen and oxygen atoms in total. The van der Waals surface area contributed by atoms with Gasteiger partial charge in [0.25, 0.3) is 5.91 Å². The molecule has 2 aromatic rings. The highest BCUT2D eigenvalue weighted by atomic mass is 35.5. The molecule has 0 heterocycles. The lowest BCUT2D eigenvalue weighted by atomic mass is 10.1. The predicted octanol–water partition coefficient (Wildman–Crippen LogP) is 3.84. The lowest BCUT2D eigenvalue weighted by Gasteiger charge is -2.15. The zero-order valence-corrected chi connectivity index (χ0v) is 12.1. The van der Waals surface area contributed by atoms with Gasteiger partial charge in [-0.15, -0.1) is 0 Å². The number of ether oxygens (including phenoxy) is 1. The number of hydrogen-bond donors (Lipinski definition) is 1. The molecule has 0 aliphatic carbocycles. The van der Waals surface area contributed by atoms with Crippen molar-refractivity contribution in [1.82, 2.24) is 5.32 Å². The maximum atomic E-state index is 12.1. The number of carbonyl (C=O) groups excluding carboxylic acids is 1. The smallest absolute Gasteiger partial charge is 0.251 e. The third kappa shape index (κ3) is 3.52. The summed E-state index contributed by atoms with van der Waals surface area (Å²) in [5.41, 5.74) is 1.58. The van der Waals surface area contributed by atoms with E-state index in [4.69, 9.17) is 16.3 Å². The fourth-order valence-corrected chi connectivity index (χ4v) is 2.00. The molecule has 0 spiro atoms. The predicted molar refractivity (Wildman–Crippen MR) is 80.3 cm³/mol. The minimum absolute atomic E-state index is 0.103. The number of carbonyl (C=O) groups is 1. The molecule has 0 saturated heterocycles. The Morgan fingerprint density at radius 1 is 1.20 bits per heavy atom. The summed E-state index contributed by atoms with van der Waals surface area (Å²) in [7, 11) is 1.62. The van der Waals surface area contributed by atoms with Gasteiger partial charge in [0.15, 0.2) is 0 Å². The van der Waals surface area contributed by atoms with Crippen molar-refractivity contribution in [1.29, 1.82) is 0 Å². The second-order valence-electron chi connectivity index (χ2n) is 4.48. The van der Waals surface area contributed by atoms with Gasteiger partial charge < -0.3 is 10.1 Å². The van der Waals surface area contributed by atoms with Crippen molar-refractivity contribution in [2.24, 2.45) is 0 Å². The van der Waals surface area contributed by atoms with Gasteiger partial charge in [0.05, 0.1) is 13.2 Å². The fourth-order valence-electron chi connectivity index (χ4n) is 1.88. The minimum atomic E-state index is -0.128. The van der Waals surface area contributed by atoms with Crippen LogP contribution in [0.15, 0.2) is 48.5 Å². The monoisotopic (exact) mass is 289 g/mol. The lowest BCUT2D eigenvalue weighted by Crippen LogP contribution is -2.26. The molecular formula is C16H16ClNO2. The molecule has 0 aliphatic heterocycles. The normalized spacial score (nSPS) is 11.8. The maximum Gasteiger partial charge on any atom is 0.251 e. The third-order valence-electron chi connectivity index (χ3n) is 3.05. The molecule has 104 valence electrons. The molecule has 0 unspecified atom stereocenters. The van der Waals surface area contributed by atoms with E-state index in [1.807, 2.05) is 31.2 Å². The number of amides is 1. The Labute approximate surface area is 123 Å². The van der Waals surface area contributed by atoms with Crippen LogP contribution < -0.4 is 10.1 Å². The van der Waals surface area contributed by atoms with Gasteiger partial charge in [-0.05, 0) is 48.9 Å². The largest absolute Gasteiger partial charge is 0.497 e. The molecule has 0 fully saturated rings. The van der Waals surface area contributed by atoms with E-state index in [9.17, 15) is 4.79 Å². The highest BCUT2D eigenvalue weighted by molar-refractivity contribution is 6.30. The summed E-state index contributed by atoms with van der Waals surface area (Å²) in [5, 5.41) is 3.56. The topological polar surface area (TPSA) is 38.3 Å². The summed E-state index contributed by atoms with van der Waals surface area (Å²) in [4.78, 5) is 12.1. The number of nitrogens with one attached hydrogen (secondary N) is 1. The first-order valence-electron chi connectivity index (χ1n) is 6.30. The Balaban J connectivity index is 2.08. The quantitative estimate of drug-likeness (QED) is 0.929. The van der Waals surface area contributed by atoms with E-state index in [1.54, 1.807) is 31.4 Å². The van der Waals surface area contributed by atoms with Crippen molar-refractivity contribution < 1.29 is 9.53 Å². The first-order chi connectivity index (χ1) is 9.60.